The lowest BCUT2D eigenvalue weighted by Gasteiger charge is -1.96. The van der Waals surface area contributed by atoms with E-state index in [9.17, 15) is 0 Å². The summed E-state index contributed by atoms with van der Waals surface area (Å²) in [6.07, 6.45) is 2.15. The van der Waals surface area contributed by atoms with E-state index in [1.165, 1.54) is 20.9 Å². The Morgan fingerprint density at radius 3 is 2.47 bits per heavy atom. The molecule has 1 heteroatoms. The molecule has 0 amide bonds. The Bertz CT molecular complexity index is 463. The first-order valence-electron chi connectivity index (χ1n) is 5.10. The molecule has 0 saturated heterocycles. The number of benzene rings is 1. The molecule has 15 heavy (non-hydrogen) atoms. The van der Waals surface area contributed by atoms with Gasteiger partial charge in [-0.3, -0.25) is 0 Å². The topological polar surface area (TPSA) is 0 Å². The molecule has 2 aromatic rings. The van der Waals surface area contributed by atoms with Gasteiger partial charge in [0, 0.05) is 9.75 Å². The second-order valence-corrected chi connectivity index (χ2v) is 4.59. The third-order valence-corrected chi connectivity index (χ3v) is 3.76. The molecule has 0 unspecified atom stereocenters. The van der Waals surface area contributed by atoms with Crippen LogP contribution in [-0.2, 0) is 0 Å². The molecule has 0 saturated carbocycles. The predicted molar refractivity (Wildman–Crippen MR) is 69.1 cm³/mol. The van der Waals surface area contributed by atoms with Crippen molar-refractivity contribution in [3.05, 3.63) is 53.4 Å². The van der Waals surface area contributed by atoms with Crippen molar-refractivity contribution in [2.45, 2.75) is 13.8 Å². The second kappa shape index (κ2) is 4.45. The molecular weight excluding hydrogens is 200 g/mol. The zero-order valence-corrected chi connectivity index (χ0v) is 9.84. The van der Waals surface area contributed by atoms with Crippen LogP contribution < -0.4 is 0 Å². The number of hydrogen-bond donors (Lipinski definition) is 0. The highest BCUT2D eigenvalue weighted by Crippen LogP contribution is 2.31. The van der Waals surface area contributed by atoms with E-state index in [4.69, 9.17) is 0 Å². The monoisotopic (exact) mass is 214 g/mol. The van der Waals surface area contributed by atoms with Crippen molar-refractivity contribution in [1.82, 2.24) is 0 Å². The quantitative estimate of drug-likeness (QED) is 0.671. The number of allylic oxidation sites excluding steroid dienone is 2. The first-order chi connectivity index (χ1) is 7.31. The van der Waals surface area contributed by atoms with Crippen LogP contribution in [0.4, 0.5) is 0 Å². The van der Waals surface area contributed by atoms with Crippen molar-refractivity contribution < 1.29 is 0 Å². The van der Waals surface area contributed by atoms with Gasteiger partial charge in [0.05, 0.1) is 0 Å². The summed E-state index contributed by atoms with van der Waals surface area (Å²) in [5, 5.41) is 0. The van der Waals surface area contributed by atoms with Gasteiger partial charge in [0.2, 0.25) is 0 Å². The fourth-order valence-corrected chi connectivity index (χ4v) is 2.49. The van der Waals surface area contributed by atoms with Gasteiger partial charge < -0.3 is 0 Å². The molecule has 0 nitrogen and oxygen atoms in total. The first kappa shape index (κ1) is 10.2. The summed E-state index contributed by atoms with van der Waals surface area (Å²) in [6.45, 7) is 4.23. The Labute approximate surface area is 94.9 Å². The maximum atomic E-state index is 2.20. The largest absolute Gasteiger partial charge is 0.136 e. The zero-order chi connectivity index (χ0) is 10.7. The number of hydrogen-bond acceptors (Lipinski definition) is 1. The summed E-state index contributed by atoms with van der Waals surface area (Å²) in [7, 11) is 0. The van der Waals surface area contributed by atoms with E-state index in [0.717, 1.165) is 0 Å². The van der Waals surface area contributed by atoms with Crippen molar-refractivity contribution in [2.75, 3.05) is 0 Å². The van der Waals surface area contributed by atoms with Crippen LogP contribution in [0.25, 0.3) is 16.0 Å². The molecular formula is C14H14S. The standard InChI is InChI=1S/C14H14S/c1-3-11(2)13-9-10-14(15-13)12-7-5-4-6-8-12/h3-10H,1-2H3/b11-3-. The molecule has 1 aromatic carbocycles. The third kappa shape index (κ3) is 2.18. The fourth-order valence-electron chi connectivity index (χ4n) is 1.45. The van der Waals surface area contributed by atoms with Gasteiger partial charge in [0.1, 0.15) is 0 Å². The zero-order valence-electron chi connectivity index (χ0n) is 9.03. The van der Waals surface area contributed by atoms with Gasteiger partial charge in [-0.2, -0.15) is 0 Å². The molecule has 0 aliphatic heterocycles. The van der Waals surface area contributed by atoms with Crippen molar-refractivity contribution in [2.24, 2.45) is 0 Å². The average Bonchev–Trinajstić information content (AvgIpc) is 2.78. The molecule has 2 rings (SSSR count). The fraction of sp³-hybridized carbons (Fsp3) is 0.143. The molecule has 1 heterocycles. The van der Waals surface area contributed by atoms with E-state index < -0.39 is 0 Å². The Morgan fingerprint density at radius 1 is 1.07 bits per heavy atom. The molecule has 0 atom stereocenters. The molecule has 76 valence electrons. The van der Waals surface area contributed by atoms with Gasteiger partial charge >= 0.3 is 0 Å². The maximum Gasteiger partial charge on any atom is 0.0349 e. The van der Waals surface area contributed by atoms with E-state index in [0.29, 0.717) is 0 Å². The predicted octanol–water partition coefficient (Wildman–Crippen LogP) is 4.84. The highest BCUT2D eigenvalue weighted by molar-refractivity contribution is 7.16. The van der Waals surface area contributed by atoms with Gasteiger partial charge in [-0.15, -0.1) is 11.3 Å². The summed E-state index contributed by atoms with van der Waals surface area (Å²) < 4.78 is 0. The van der Waals surface area contributed by atoms with Crippen LogP contribution in [0.1, 0.15) is 18.7 Å². The molecule has 0 radical (unpaired) electrons. The first-order valence-corrected chi connectivity index (χ1v) is 5.91. The maximum absolute atomic E-state index is 2.20. The lowest BCUT2D eigenvalue weighted by molar-refractivity contribution is 1.64. The molecule has 1 aromatic heterocycles. The van der Waals surface area contributed by atoms with E-state index in [-0.39, 0.29) is 0 Å². The van der Waals surface area contributed by atoms with Gasteiger partial charge in [0.15, 0.2) is 0 Å². The Morgan fingerprint density at radius 2 is 1.80 bits per heavy atom. The molecule has 0 aliphatic carbocycles. The van der Waals surface area contributed by atoms with Gasteiger partial charge in [0.25, 0.3) is 0 Å². The molecule has 0 bridgehead atoms. The molecule has 0 aliphatic rings. The van der Waals surface area contributed by atoms with Crippen molar-refractivity contribution in [3.8, 4) is 10.4 Å². The normalized spacial score (nSPS) is 11.7. The van der Waals surface area contributed by atoms with E-state index >= 15 is 0 Å². The summed E-state index contributed by atoms with van der Waals surface area (Å²) >= 11 is 1.85. The van der Waals surface area contributed by atoms with Crippen LogP contribution in [0.15, 0.2) is 48.5 Å². The van der Waals surface area contributed by atoms with E-state index in [1.807, 2.05) is 11.3 Å². The minimum Gasteiger partial charge on any atom is -0.136 e. The van der Waals surface area contributed by atoms with Crippen molar-refractivity contribution in [3.63, 3.8) is 0 Å². The number of thiophene rings is 1. The SMILES string of the molecule is C/C=C(/C)c1ccc(-c2ccccc2)s1. The Kier molecular flexibility index (Phi) is 3.02. The summed E-state index contributed by atoms with van der Waals surface area (Å²) in [5.74, 6) is 0. The summed E-state index contributed by atoms with van der Waals surface area (Å²) in [6, 6.07) is 14.9. The van der Waals surface area contributed by atoms with Crippen LogP contribution in [-0.4, -0.2) is 0 Å². The third-order valence-electron chi connectivity index (χ3n) is 2.49. The van der Waals surface area contributed by atoms with Crippen molar-refractivity contribution in [1.29, 1.82) is 0 Å². The summed E-state index contributed by atoms with van der Waals surface area (Å²) in [5.41, 5.74) is 2.65. The van der Waals surface area contributed by atoms with Crippen LogP contribution in [0.3, 0.4) is 0 Å². The lowest BCUT2D eigenvalue weighted by atomic mass is 10.2. The van der Waals surface area contributed by atoms with Crippen LogP contribution in [0.5, 0.6) is 0 Å². The highest BCUT2D eigenvalue weighted by atomic mass is 32.1. The molecule has 0 N–H and O–H groups in total. The van der Waals surface area contributed by atoms with Gasteiger partial charge in [-0.25, -0.2) is 0 Å². The van der Waals surface area contributed by atoms with Crippen molar-refractivity contribution >= 4 is 16.9 Å². The molecule has 0 spiro atoms. The van der Waals surface area contributed by atoms with Crippen LogP contribution >= 0.6 is 11.3 Å². The lowest BCUT2D eigenvalue weighted by Crippen LogP contribution is -1.68. The average molecular weight is 214 g/mol. The smallest absolute Gasteiger partial charge is 0.0349 e. The second-order valence-electron chi connectivity index (χ2n) is 3.50. The highest BCUT2D eigenvalue weighted by Gasteiger charge is 2.02. The minimum atomic E-state index is 1.30. The summed E-state index contributed by atoms with van der Waals surface area (Å²) in [4.78, 5) is 2.70. The molecule has 0 fully saturated rings. The Hall–Kier alpha value is -1.34. The van der Waals surface area contributed by atoms with E-state index in [2.05, 4.69) is 62.4 Å². The van der Waals surface area contributed by atoms with Gasteiger partial charge in [-0.1, -0.05) is 36.4 Å². The van der Waals surface area contributed by atoms with Crippen LogP contribution in [0, 0.1) is 0 Å². The van der Waals surface area contributed by atoms with Gasteiger partial charge in [-0.05, 0) is 37.1 Å². The number of rotatable bonds is 2. The van der Waals surface area contributed by atoms with E-state index in [1.54, 1.807) is 0 Å². The Balaban J connectivity index is 2.36. The van der Waals surface area contributed by atoms with Crippen LogP contribution in [0.2, 0.25) is 0 Å². The minimum absolute atomic E-state index is 1.30.